The van der Waals surface area contributed by atoms with Crippen LogP contribution in [0, 0.1) is 0 Å². The second-order valence-electron chi connectivity index (χ2n) is 9.21. The van der Waals surface area contributed by atoms with Gasteiger partial charge in [-0.2, -0.15) is 4.98 Å². The van der Waals surface area contributed by atoms with Gasteiger partial charge in [-0.1, -0.05) is 12.2 Å². The first-order chi connectivity index (χ1) is 19.6. The Bertz CT molecular complexity index is 1760. The number of nitrogens with zero attached hydrogens (tertiary/aromatic N) is 6. The number of fused-ring (bicyclic) bond motifs is 2. The van der Waals surface area contributed by atoms with Crippen molar-refractivity contribution in [3.63, 3.8) is 0 Å². The molecule has 0 bridgehead atoms. The van der Waals surface area contributed by atoms with Crippen molar-refractivity contribution in [2.75, 3.05) is 18.1 Å². The van der Waals surface area contributed by atoms with E-state index in [1.54, 1.807) is 6.07 Å². The normalized spacial score (nSPS) is 28.9. The van der Waals surface area contributed by atoms with Crippen molar-refractivity contribution in [2.24, 2.45) is 0 Å². The lowest BCUT2D eigenvalue weighted by Gasteiger charge is -2.23. The number of thiol groups is 1. The molecule has 20 heteroatoms. The van der Waals surface area contributed by atoms with Gasteiger partial charge in [-0.25, -0.2) is 23.9 Å². The third kappa shape index (κ3) is 4.89. The molecule has 0 aliphatic carbocycles. The van der Waals surface area contributed by atoms with Crippen LogP contribution in [-0.2, 0) is 23.1 Å². The number of nitrogens with two attached hydrogens (primary N) is 2. The van der Waals surface area contributed by atoms with Crippen molar-refractivity contribution >= 4 is 53.0 Å². The third-order valence-electron chi connectivity index (χ3n) is 6.64. The molecule has 0 radical (unpaired) electrons. The zero-order chi connectivity index (χ0) is 29.1. The van der Waals surface area contributed by atoms with Gasteiger partial charge in [-0.3, -0.25) is 23.4 Å². The SMILES string of the molecule is Nc1nc2c(ncn2[C@@H]2O/C(=C\O)C[C@H]2OP(=O)(S)OC[C@H]2O[C@@H](n3ccc4c(N)ncnc43)[C@@H](F)[C@@H]2O)c(=O)[nH]1. The smallest absolute Gasteiger partial charge is 0.386 e. The van der Waals surface area contributed by atoms with E-state index < -0.39 is 55.9 Å². The average molecular weight is 612 g/mol. The van der Waals surface area contributed by atoms with Crippen molar-refractivity contribution in [1.82, 2.24) is 34.1 Å². The lowest BCUT2D eigenvalue weighted by atomic mass is 10.1. The number of imidazole rings is 1. The molecule has 218 valence electrons. The first-order valence-electron chi connectivity index (χ1n) is 12.0. The summed E-state index contributed by atoms with van der Waals surface area (Å²) in [5.74, 6) is 0.0807. The summed E-state index contributed by atoms with van der Waals surface area (Å²) in [6, 6.07) is 1.59. The lowest BCUT2D eigenvalue weighted by Crippen LogP contribution is -2.31. The van der Waals surface area contributed by atoms with Gasteiger partial charge in [-0.05, 0) is 6.07 Å². The highest BCUT2D eigenvalue weighted by Gasteiger charge is 2.47. The number of aliphatic hydroxyl groups is 2. The Balaban J connectivity index is 1.17. The number of H-pyrrole nitrogens is 1. The summed E-state index contributed by atoms with van der Waals surface area (Å²) in [5, 5.41) is 20.5. The number of anilines is 2. The summed E-state index contributed by atoms with van der Waals surface area (Å²) in [6.07, 6.45) is -3.69. The minimum absolute atomic E-state index is 0.0411. The van der Waals surface area contributed by atoms with E-state index in [1.165, 1.54) is 28.0 Å². The van der Waals surface area contributed by atoms with Crippen LogP contribution in [0.15, 0.2) is 41.7 Å². The van der Waals surface area contributed by atoms with Gasteiger partial charge in [0.1, 0.15) is 54.5 Å². The number of aliphatic hydroxyl groups excluding tert-OH is 2. The number of alkyl halides is 1. The Kier molecular flexibility index (Phi) is 6.87. The van der Waals surface area contributed by atoms with Gasteiger partial charge in [0.05, 0.1) is 12.0 Å². The Hall–Kier alpha value is -3.74. The van der Waals surface area contributed by atoms with Crippen LogP contribution in [0.4, 0.5) is 16.2 Å². The van der Waals surface area contributed by atoms with E-state index in [0.717, 1.165) is 0 Å². The predicted molar refractivity (Wildman–Crippen MR) is 142 cm³/mol. The molecule has 6 rings (SSSR count). The Morgan fingerprint density at radius 2 is 2.07 bits per heavy atom. The molecular formula is C21H23FN9O8PS. The monoisotopic (exact) mass is 611 g/mol. The van der Waals surface area contributed by atoms with Crippen LogP contribution in [-0.4, -0.2) is 75.4 Å². The van der Waals surface area contributed by atoms with Crippen LogP contribution in [0.3, 0.4) is 0 Å². The van der Waals surface area contributed by atoms with Crippen LogP contribution >= 0.6 is 19.0 Å². The summed E-state index contributed by atoms with van der Waals surface area (Å²) < 4.78 is 53.4. The maximum atomic E-state index is 15.1. The minimum atomic E-state index is -4.22. The van der Waals surface area contributed by atoms with Crippen molar-refractivity contribution in [1.29, 1.82) is 0 Å². The number of hydrogen-bond acceptors (Lipinski definition) is 14. The highest BCUT2D eigenvalue weighted by Crippen LogP contribution is 2.57. The summed E-state index contributed by atoms with van der Waals surface area (Å²) in [7, 11) is 0. The Morgan fingerprint density at radius 3 is 2.85 bits per heavy atom. The first-order valence-corrected chi connectivity index (χ1v) is 14.7. The molecule has 4 aromatic heterocycles. The molecule has 17 nitrogen and oxygen atoms in total. The molecule has 0 spiro atoms. The number of aromatic nitrogens is 7. The van der Waals surface area contributed by atoms with Crippen molar-refractivity contribution in [3.05, 3.63) is 47.3 Å². The molecule has 41 heavy (non-hydrogen) atoms. The zero-order valence-electron chi connectivity index (χ0n) is 20.7. The van der Waals surface area contributed by atoms with Gasteiger partial charge < -0.3 is 35.7 Å². The van der Waals surface area contributed by atoms with Gasteiger partial charge in [0, 0.05) is 12.6 Å². The van der Waals surface area contributed by atoms with Crippen LogP contribution < -0.4 is 17.0 Å². The summed E-state index contributed by atoms with van der Waals surface area (Å²) in [4.78, 5) is 30.6. The van der Waals surface area contributed by atoms with Crippen LogP contribution in [0.5, 0.6) is 0 Å². The molecule has 1 unspecified atom stereocenters. The summed E-state index contributed by atoms with van der Waals surface area (Å²) in [5.41, 5.74) is 11.2. The van der Waals surface area contributed by atoms with Crippen LogP contribution in [0.1, 0.15) is 18.9 Å². The van der Waals surface area contributed by atoms with Gasteiger partial charge in [0.2, 0.25) is 12.2 Å². The minimum Gasteiger partial charge on any atom is -0.512 e. The summed E-state index contributed by atoms with van der Waals surface area (Å²) in [6.45, 7) is -4.78. The standard InChI is InChI=1S/C21H23FN9O8PS/c22-12-14(33)11(38-20(12)30-2-1-9-15(23)25-6-26-16(9)30)5-36-40(35,41)39-10-3-8(4-32)37-19(10)31-7-27-13-17(31)28-21(24)29-18(13)34/h1-2,4,6-7,10-12,14,19-20,32-33H,3,5H2,(H,35,41)(H2,23,25,26)(H3,24,28,29,34)/b8-4-/t10-,11-,12+,14-,19-,20-,40?/m1/s1. The fraction of sp³-hybridized carbons (Fsp3) is 0.381. The highest BCUT2D eigenvalue weighted by molar-refractivity contribution is 8.44. The molecule has 0 aromatic carbocycles. The van der Waals surface area contributed by atoms with Crippen molar-refractivity contribution < 1.29 is 37.7 Å². The van der Waals surface area contributed by atoms with Crippen molar-refractivity contribution in [3.8, 4) is 0 Å². The number of hydrogen-bond donors (Lipinski definition) is 6. The highest BCUT2D eigenvalue weighted by atomic mass is 32.7. The maximum absolute atomic E-state index is 15.1. The number of ether oxygens (including phenoxy) is 2. The van der Waals surface area contributed by atoms with E-state index in [2.05, 4.69) is 37.2 Å². The molecule has 7 atom stereocenters. The van der Waals surface area contributed by atoms with E-state index in [1.807, 2.05) is 0 Å². The van der Waals surface area contributed by atoms with Gasteiger partial charge in [0.25, 0.3) is 5.56 Å². The number of rotatable bonds is 7. The Labute approximate surface area is 233 Å². The molecule has 2 fully saturated rings. The number of halogens is 1. The fourth-order valence-corrected chi connectivity index (χ4v) is 6.23. The Morgan fingerprint density at radius 1 is 1.27 bits per heavy atom. The topological polar surface area (TPSA) is 241 Å². The van der Waals surface area contributed by atoms with Gasteiger partial charge in [-0.15, -0.1) is 0 Å². The van der Waals surface area contributed by atoms with E-state index in [4.69, 9.17) is 30.0 Å². The van der Waals surface area contributed by atoms with Crippen LogP contribution in [0.25, 0.3) is 22.2 Å². The van der Waals surface area contributed by atoms with E-state index in [9.17, 15) is 19.6 Å². The lowest BCUT2D eigenvalue weighted by molar-refractivity contribution is -0.0451. The molecule has 6 heterocycles. The van der Waals surface area contributed by atoms with Gasteiger partial charge >= 0.3 is 6.80 Å². The molecule has 7 N–H and O–H groups in total. The third-order valence-corrected chi connectivity index (χ3v) is 8.28. The largest absolute Gasteiger partial charge is 0.512 e. The molecule has 2 aliphatic heterocycles. The zero-order valence-corrected chi connectivity index (χ0v) is 22.5. The van der Waals surface area contributed by atoms with Crippen molar-refractivity contribution in [2.45, 2.75) is 43.4 Å². The molecule has 0 amide bonds. The summed E-state index contributed by atoms with van der Waals surface area (Å²) >= 11 is 4.02. The number of aromatic amines is 1. The van der Waals surface area contributed by atoms with E-state index >= 15 is 4.39 Å². The fourth-order valence-electron chi connectivity index (χ4n) is 4.75. The molecule has 4 aromatic rings. The first kappa shape index (κ1) is 27.4. The number of nitrogen functional groups attached to an aromatic ring is 2. The maximum Gasteiger partial charge on any atom is 0.386 e. The van der Waals surface area contributed by atoms with E-state index in [0.29, 0.717) is 17.3 Å². The molecular weight excluding hydrogens is 588 g/mol. The second-order valence-corrected chi connectivity index (χ2v) is 12.1. The quantitative estimate of drug-likeness (QED) is 0.0974. The molecule has 2 aliphatic rings. The molecule has 0 saturated carbocycles. The van der Waals surface area contributed by atoms with E-state index in [-0.39, 0.29) is 35.1 Å². The average Bonchev–Trinajstić information content (AvgIpc) is 3.69. The van der Waals surface area contributed by atoms with Gasteiger partial charge in [0.15, 0.2) is 23.6 Å². The molecule has 2 saturated heterocycles. The second kappa shape index (κ2) is 10.3. The predicted octanol–water partition coefficient (Wildman–Crippen LogP) is 1.08. The number of nitrogens with one attached hydrogen (secondary N) is 1. The van der Waals surface area contributed by atoms with Crippen LogP contribution in [0.2, 0.25) is 0 Å².